The Labute approximate surface area is 55.3 Å². The van der Waals surface area contributed by atoms with Crippen LogP contribution in [0.4, 0.5) is 0 Å². The lowest BCUT2D eigenvalue weighted by Crippen LogP contribution is -2.04. The van der Waals surface area contributed by atoms with Crippen molar-refractivity contribution in [1.29, 1.82) is 0 Å². The lowest BCUT2D eigenvalue weighted by Gasteiger charge is -1.97. The number of epoxide rings is 1. The number of hydrogen-bond donors (Lipinski definition) is 2. The molecule has 0 aromatic rings. The molecule has 1 heterocycles. The molecule has 1 fully saturated rings. The van der Waals surface area contributed by atoms with Crippen molar-refractivity contribution in [3.05, 3.63) is 0 Å². The molecule has 1 rings (SSSR count). The summed E-state index contributed by atoms with van der Waals surface area (Å²) in [5.74, 6) is 0.0463. The summed E-state index contributed by atoms with van der Waals surface area (Å²) < 4.78 is 4.50. The predicted octanol–water partition coefficient (Wildman–Crippen LogP) is -0.376. The van der Waals surface area contributed by atoms with Gasteiger partial charge >= 0.3 is 0 Å². The van der Waals surface area contributed by atoms with E-state index in [1.165, 1.54) is 0 Å². The second-order valence-corrected chi connectivity index (χ2v) is 2.08. The summed E-state index contributed by atoms with van der Waals surface area (Å²) in [5, 5.41) is 16.3. The minimum atomic E-state index is 0.0463. The highest BCUT2D eigenvalue weighted by molar-refractivity contribution is 4.41. The van der Waals surface area contributed by atoms with E-state index < -0.39 is 0 Å². The molecule has 0 unspecified atom stereocenters. The van der Waals surface area contributed by atoms with Crippen LogP contribution in [0.15, 0.2) is 0 Å². The highest BCUT2D eigenvalue weighted by Crippen LogP contribution is 1.85. The molecule has 0 saturated carbocycles. The van der Waals surface area contributed by atoms with Crippen LogP contribution in [0.2, 0.25) is 0 Å². The van der Waals surface area contributed by atoms with Crippen molar-refractivity contribution in [3.63, 3.8) is 0 Å². The van der Waals surface area contributed by atoms with E-state index in [2.05, 4.69) is 4.74 Å². The number of rotatable bonds is 2. The molecule has 2 N–H and O–H groups in total. The van der Waals surface area contributed by atoms with Gasteiger partial charge in [0.2, 0.25) is 0 Å². The molecule has 0 atom stereocenters. The fourth-order valence-corrected chi connectivity index (χ4v) is 0.0577. The lowest BCUT2D eigenvalue weighted by molar-refractivity contribution is 0.162. The molecule has 0 radical (unpaired) electrons. The van der Waals surface area contributed by atoms with Gasteiger partial charge in [0.25, 0.3) is 0 Å². The molecule has 1 aliphatic heterocycles. The molecule has 3 heteroatoms. The molecule has 56 valence electrons. The molecular weight excluding hydrogens is 120 g/mol. The second-order valence-electron chi connectivity index (χ2n) is 2.08. The van der Waals surface area contributed by atoms with E-state index in [0.717, 1.165) is 13.2 Å². The minimum Gasteiger partial charge on any atom is -0.396 e. The topological polar surface area (TPSA) is 53.0 Å². The van der Waals surface area contributed by atoms with Crippen LogP contribution >= 0.6 is 0 Å². The van der Waals surface area contributed by atoms with E-state index >= 15 is 0 Å². The fraction of sp³-hybridized carbons (Fsp3) is 1.00. The average Bonchev–Trinajstić information content (AvgIpc) is 2.70. The van der Waals surface area contributed by atoms with Crippen molar-refractivity contribution in [2.24, 2.45) is 5.92 Å². The number of aliphatic hydroxyl groups excluding tert-OH is 2. The maximum absolute atomic E-state index is 8.17. The first-order chi connectivity index (χ1) is 4.31. The van der Waals surface area contributed by atoms with E-state index in [1.807, 2.05) is 0 Å². The molecule has 0 spiro atoms. The van der Waals surface area contributed by atoms with E-state index in [0.29, 0.717) is 0 Å². The monoisotopic (exact) mass is 134 g/mol. The van der Waals surface area contributed by atoms with E-state index in [4.69, 9.17) is 10.2 Å². The Kier molecular flexibility index (Phi) is 5.93. The smallest absolute Gasteiger partial charge is 0.0701 e. The summed E-state index contributed by atoms with van der Waals surface area (Å²) >= 11 is 0. The van der Waals surface area contributed by atoms with Crippen LogP contribution in [-0.2, 0) is 4.74 Å². The van der Waals surface area contributed by atoms with Gasteiger partial charge in [-0.05, 0) is 0 Å². The molecule has 0 amide bonds. The summed E-state index contributed by atoms with van der Waals surface area (Å²) in [6, 6.07) is 0. The van der Waals surface area contributed by atoms with Crippen LogP contribution in [0, 0.1) is 5.92 Å². The van der Waals surface area contributed by atoms with Crippen molar-refractivity contribution in [1.82, 2.24) is 0 Å². The van der Waals surface area contributed by atoms with Gasteiger partial charge in [0.15, 0.2) is 0 Å². The third-order valence-corrected chi connectivity index (χ3v) is 0.827. The Bertz CT molecular complexity index is 47.5. The Morgan fingerprint density at radius 1 is 1.33 bits per heavy atom. The van der Waals surface area contributed by atoms with E-state index in [-0.39, 0.29) is 19.1 Å². The quantitative estimate of drug-likeness (QED) is 0.506. The van der Waals surface area contributed by atoms with Gasteiger partial charge in [-0.15, -0.1) is 0 Å². The zero-order valence-electron chi connectivity index (χ0n) is 5.71. The molecule has 1 aliphatic rings. The average molecular weight is 134 g/mol. The van der Waals surface area contributed by atoms with Crippen LogP contribution in [-0.4, -0.2) is 36.6 Å². The maximum atomic E-state index is 8.17. The van der Waals surface area contributed by atoms with Crippen molar-refractivity contribution < 1.29 is 14.9 Å². The molecule has 0 aromatic heterocycles. The van der Waals surface area contributed by atoms with Crippen molar-refractivity contribution in [2.75, 3.05) is 26.4 Å². The SMILES string of the molecule is C1CO1.CC(CO)CO. The van der Waals surface area contributed by atoms with Gasteiger partial charge in [0.1, 0.15) is 0 Å². The zero-order valence-corrected chi connectivity index (χ0v) is 5.71. The molecule has 0 bridgehead atoms. The highest BCUT2D eigenvalue weighted by atomic mass is 16.6. The molecular formula is C6H14O3. The zero-order chi connectivity index (χ0) is 7.11. The Balaban J connectivity index is 0.000000173. The van der Waals surface area contributed by atoms with Gasteiger partial charge in [-0.1, -0.05) is 6.92 Å². The number of ether oxygens (including phenoxy) is 1. The van der Waals surface area contributed by atoms with Gasteiger partial charge in [-0.2, -0.15) is 0 Å². The first kappa shape index (κ1) is 8.88. The lowest BCUT2D eigenvalue weighted by atomic mass is 10.2. The van der Waals surface area contributed by atoms with Crippen molar-refractivity contribution >= 4 is 0 Å². The van der Waals surface area contributed by atoms with E-state index in [1.54, 1.807) is 6.92 Å². The largest absolute Gasteiger partial charge is 0.396 e. The first-order valence-electron chi connectivity index (χ1n) is 3.10. The van der Waals surface area contributed by atoms with Gasteiger partial charge in [-0.3, -0.25) is 0 Å². The Hall–Kier alpha value is -0.120. The first-order valence-corrected chi connectivity index (χ1v) is 3.10. The van der Waals surface area contributed by atoms with Gasteiger partial charge in [0, 0.05) is 19.1 Å². The predicted molar refractivity (Wildman–Crippen MR) is 34.2 cm³/mol. The third kappa shape index (κ3) is 11.4. The molecule has 0 aromatic carbocycles. The normalized spacial score (nSPS) is 14.7. The summed E-state index contributed by atoms with van der Waals surface area (Å²) in [7, 11) is 0. The van der Waals surface area contributed by atoms with E-state index in [9.17, 15) is 0 Å². The number of hydrogen-bond acceptors (Lipinski definition) is 3. The second kappa shape index (κ2) is 6.01. The van der Waals surface area contributed by atoms with Crippen molar-refractivity contribution in [2.45, 2.75) is 6.92 Å². The van der Waals surface area contributed by atoms with Gasteiger partial charge in [0.05, 0.1) is 13.2 Å². The van der Waals surface area contributed by atoms with Gasteiger partial charge < -0.3 is 14.9 Å². The summed E-state index contributed by atoms with van der Waals surface area (Å²) in [5.41, 5.74) is 0. The molecule has 0 aliphatic carbocycles. The highest BCUT2D eigenvalue weighted by Gasteiger charge is 1.94. The molecule has 1 saturated heterocycles. The molecule has 3 nitrogen and oxygen atoms in total. The summed E-state index contributed by atoms with van der Waals surface area (Å²) in [4.78, 5) is 0. The van der Waals surface area contributed by atoms with Crippen LogP contribution < -0.4 is 0 Å². The van der Waals surface area contributed by atoms with Crippen molar-refractivity contribution in [3.8, 4) is 0 Å². The Morgan fingerprint density at radius 2 is 1.67 bits per heavy atom. The standard InChI is InChI=1S/C4H10O2.C2H4O/c1-4(2-5)3-6;1-2-3-1/h4-6H,2-3H2,1H3;1-2H2. The van der Waals surface area contributed by atoms with Crippen LogP contribution in [0.1, 0.15) is 6.92 Å². The Morgan fingerprint density at radius 3 is 1.67 bits per heavy atom. The van der Waals surface area contributed by atoms with Gasteiger partial charge in [-0.25, -0.2) is 0 Å². The minimum absolute atomic E-state index is 0.0463. The summed E-state index contributed by atoms with van der Waals surface area (Å²) in [6.07, 6.45) is 0. The summed E-state index contributed by atoms with van der Waals surface area (Å²) in [6.45, 7) is 3.94. The third-order valence-electron chi connectivity index (χ3n) is 0.827. The van der Waals surface area contributed by atoms with Crippen LogP contribution in [0.5, 0.6) is 0 Å². The number of aliphatic hydroxyl groups is 2. The maximum Gasteiger partial charge on any atom is 0.0701 e. The molecule has 9 heavy (non-hydrogen) atoms. The van der Waals surface area contributed by atoms with Crippen LogP contribution in [0.25, 0.3) is 0 Å². The fourth-order valence-electron chi connectivity index (χ4n) is 0.0577. The van der Waals surface area contributed by atoms with Crippen LogP contribution in [0.3, 0.4) is 0 Å².